The molecule has 0 fully saturated rings. The summed E-state index contributed by atoms with van der Waals surface area (Å²) < 4.78 is 0. The van der Waals surface area contributed by atoms with Gasteiger partial charge < -0.3 is 10.0 Å². The first kappa shape index (κ1) is 15.5. The molecule has 106 valence electrons. The first-order valence-electron chi connectivity index (χ1n) is 7.12. The number of benzene rings is 1. The molecule has 19 heavy (non-hydrogen) atoms. The average molecular weight is 263 g/mol. The van der Waals surface area contributed by atoms with Crippen LogP contribution in [0.4, 0.5) is 5.69 Å². The van der Waals surface area contributed by atoms with Gasteiger partial charge in [-0.2, -0.15) is 0 Å². The second kappa shape index (κ2) is 7.17. The summed E-state index contributed by atoms with van der Waals surface area (Å²) in [5.74, 6) is -0.233. The van der Waals surface area contributed by atoms with Gasteiger partial charge in [0.05, 0.1) is 11.3 Å². The molecule has 0 saturated heterocycles. The van der Waals surface area contributed by atoms with Crippen LogP contribution in [0.25, 0.3) is 0 Å². The van der Waals surface area contributed by atoms with Crippen molar-refractivity contribution in [3.63, 3.8) is 0 Å². The van der Waals surface area contributed by atoms with E-state index in [9.17, 15) is 9.90 Å². The summed E-state index contributed by atoms with van der Waals surface area (Å²) in [6.45, 7) is 10.2. The van der Waals surface area contributed by atoms with E-state index in [1.165, 1.54) is 0 Å². The zero-order chi connectivity index (χ0) is 14.4. The zero-order valence-corrected chi connectivity index (χ0v) is 12.4. The summed E-state index contributed by atoms with van der Waals surface area (Å²) in [7, 11) is 0. The topological polar surface area (TPSA) is 40.5 Å². The highest BCUT2D eigenvalue weighted by Crippen LogP contribution is 2.27. The van der Waals surface area contributed by atoms with Gasteiger partial charge in [0.1, 0.15) is 0 Å². The quantitative estimate of drug-likeness (QED) is 0.809. The van der Waals surface area contributed by atoms with Crippen molar-refractivity contribution >= 4 is 11.7 Å². The van der Waals surface area contributed by atoms with Crippen LogP contribution in [0.3, 0.4) is 0 Å². The number of aromatic carboxylic acids is 1. The molecule has 0 aliphatic carbocycles. The third-order valence-corrected chi connectivity index (χ3v) is 3.80. The van der Waals surface area contributed by atoms with E-state index in [4.69, 9.17) is 0 Å². The molecule has 0 bridgehead atoms. The maximum atomic E-state index is 11.4. The smallest absolute Gasteiger partial charge is 0.337 e. The van der Waals surface area contributed by atoms with Crippen LogP contribution in [0.15, 0.2) is 18.2 Å². The van der Waals surface area contributed by atoms with Crippen LogP contribution < -0.4 is 4.90 Å². The molecule has 0 unspecified atom stereocenters. The Morgan fingerprint density at radius 1 is 1.26 bits per heavy atom. The molecular weight excluding hydrogens is 238 g/mol. The van der Waals surface area contributed by atoms with E-state index in [0.29, 0.717) is 11.5 Å². The van der Waals surface area contributed by atoms with Gasteiger partial charge >= 0.3 is 5.97 Å². The molecule has 0 radical (unpaired) electrons. The lowest BCUT2D eigenvalue weighted by atomic mass is 10.0. The summed E-state index contributed by atoms with van der Waals surface area (Å²) in [4.78, 5) is 13.6. The first-order valence-corrected chi connectivity index (χ1v) is 7.12. The lowest BCUT2D eigenvalue weighted by molar-refractivity contribution is 0.0697. The van der Waals surface area contributed by atoms with Crippen LogP contribution in [-0.4, -0.2) is 24.2 Å². The molecule has 0 spiro atoms. The summed E-state index contributed by atoms with van der Waals surface area (Å²) in [5.41, 5.74) is 2.32. The predicted molar refractivity (Wildman–Crippen MR) is 80.1 cm³/mol. The lowest BCUT2D eigenvalue weighted by Gasteiger charge is -2.30. The van der Waals surface area contributed by atoms with Crippen molar-refractivity contribution in [1.29, 1.82) is 0 Å². The van der Waals surface area contributed by atoms with Crippen LogP contribution in [0, 0.1) is 12.8 Å². The Kier molecular flexibility index (Phi) is 5.87. The molecule has 0 heterocycles. The Morgan fingerprint density at radius 2 is 1.89 bits per heavy atom. The molecule has 3 heteroatoms. The van der Waals surface area contributed by atoms with Gasteiger partial charge in [-0.05, 0) is 31.4 Å². The number of carboxylic acid groups (broad SMARTS) is 1. The minimum absolute atomic E-state index is 0.410. The molecule has 0 aliphatic rings. The Hall–Kier alpha value is -1.51. The van der Waals surface area contributed by atoms with Gasteiger partial charge in [-0.1, -0.05) is 38.8 Å². The molecular formula is C16H25NO2. The second-order valence-corrected chi connectivity index (χ2v) is 5.00. The van der Waals surface area contributed by atoms with E-state index < -0.39 is 5.97 Å². The van der Waals surface area contributed by atoms with Crippen LogP contribution in [0.2, 0.25) is 0 Å². The predicted octanol–water partition coefficient (Wildman–Crippen LogP) is 3.96. The van der Waals surface area contributed by atoms with Crippen molar-refractivity contribution in [2.75, 3.05) is 18.0 Å². The second-order valence-electron chi connectivity index (χ2n) is 5.00. The van der Waals surface area contributed by atoms with E-state index in [0.717, 1.165) is 37.2 Å². The van der Waals surface area contributed by atoms with E-state index in [2.05, 4.69) is 25.7 Å². The maximum Gasteiger partial charge on any atom is 0.337 e. The maximum absolute atomic E-state index is 11.4. The van der Waals surface area contributed by atoms with Gasteiger partial charge in [0, 0.05) is 13.1 Å². The van der Waals surface area contributed by atoms with Crippen molar-refractivity contribution in [3.8, 4) is 0 Å². The number of nitrogens with zero attached hydrogens (tertiary/aromatic N) is 1. The highest BCUT2D eigenvalue weighted by atomic mass is 16.4. The van der Waals surface area contributed by atoms with Gasteiger partial charge in [0.2, 0.25) is 0 Å². The molecule has 0 amide bonds. The van der Waals surface area contributed by atoms with E-state index >= 15 is 0 Å². The number of hydrogen-bond donors (Lipinski definition) is 1. The normalized spacial score (nSPS) is 10.8. The summed E-state index contributed by atoms with van der Waals surface area (Å²) in [5, 5.41) is 9.36. The minimum atomic E-state index is -0.846. The van der Waals surface area contributed by atoms with Gasteiger partial charge in [0.15, 0.2) is 0 Å². The molecule has 1 aromatic carbocycles. The summed E-state index contributed by atoms with van der Waals surface area (Å²) >= 11 is 0. The van der Waals surface area contributed by atoms with Gasteiger partial charge in [-0.3, -0.25) is 0 Å². The number of hydrogen-bond acceptors (Lipinski definition) is 2. The van der Waals surface area contributed by atoms with Crippen LogP contribution in [0.1, 0.15) is 49.5 Å². The summed E-state index contributed by atoms with van der Waals surface area (Å²) in [6, 6.07) is 5.49. The van der Waals surface area contributed by atoms with Crippen molar-refractivity contribution in [1.82, 2.24) is 0 Å². The van der Waals surface area contributed by atoms with E-state index in [1.54, 1.807) is 6.07 Å². The number of rotatable bonds is 7. The number of carboxylic acids is 1. The molecule has 0 aliphatic heterocycles. The number of anilines is 1. The zero-order valence-electron chi connectivity index (χ0n) is 12.4. The largest absolute Gasteiger partial charge is 0.478 e. The Bertz CT molecular complexity index is 425. The van der Waals surface area contributed by atoms with Crippen LogP contribution in [-0.2, 0) is 0 Å². The highest BCUT2D eigenvalue weighted by Gasteiger charge is 2.19. The first-order chi connectivity index (χ1) is 9.04. The highest BCUT2D eigenvalue weighted by molar-refractivity contribution is 5.95. The van der Waals surface area contributed by atoms with E-state index in [1.807, 2.05) is 19.1 Å². The third-order valence-electron chi connectivity index (χ3n) is 3.80. The van der Waals surface area contributed by atoms with E-state index in [-0.39, 0.29) is 0 Å². The standard InChI is InChI=1S/C16H25NO2/c1-5-13(6-2)11-17(7-3)15-12(4)9-8-10-14(15)16(18)19/h8-10,13H,5-7,11H2,1-4H3,(H,18,19). The molecule has 0 saturated carbocycles. The van der Waals surface area contributed by atoms with Crippen LogP contribution in [0.5, 0.6) is 0 Å². The fourth-order valence-electron chi connectivity index (χ4n) is 2.49. The number of aryl methyl sites for hydroxylation is 1. The monoisotopic (exact) mass is 263 g/mol. The van der Waals surface area contributed by atoms with Gasteiger partial charge in [-0.15, -0.1) is 0 Å². The molecule has 0 atom stereocenters. The Balaban J connectivity index is 3.13. The molecule has 1 rings (SSSR count). The molecule has 1 aromatic rings. The van der Waals surface area contributed by atoms with Crippen molar-refractivity contribution < 1.29 is 9.90 Å². The molecule has 1 N–H and O–H groups in total. The third kappa shape index (κ3) is 3.72. The van der Waals surface area contributed by atoms with Crippen molar-refractivity contribution in [2.24, 2.45) is 5.92 Å². The Labute approximate surface area is 116 Å². The lowest BCUT2D eigenvalue weighted by Crippen LogP contribution is -2.31. The molecule has 0 aromatic heterocycles. The Morgan fingerprint density at radius 3 is 2.37 bits per heavy atom. The fourth-order valence-corrected chi connectivity index (χ4v) is 2.49. The van der Waals surface area contributed by atoms with Gasteiger partial charge in [-0.25, -0.2) is 4.79 Å². The number of carbonyl (C=O) groups is 1. The fraction of sp³-hybridized carbons (Fsp3) is 0.562. The number of para-hydroxylation sites is 1. The van der Waals surface area contributed by atoms with Gasteiger partial charge in [0.25, 0.3) is 0 Å². The van der Waals surface area contributed by atoms with Crippen LogP contribution >= 0.6 is 0 Å². The molecule has 3 nitrogen and oxygen atoms in total. The summed E-state index contributed by atoms with van der Waals surface area (Å²) in [6.07, 6.45) is 2.25. The SMILES string of the molecule is CCC(CC)CN(CC)c1c(C)cccc1C(=O)O. The average Bonchev–Trinajstić information content (AvgIpc) is 2.40. The van der Waals surface area contributed by atoms with Crippen molar-refractivity contribution in [2.45, 2.75) is 40.5 Å². The van der Waals surface area contributed by atoms with Crippen molar-refractivity contribution in [3.05, 3.63) is 29.3 Å². The minimum Gasteiger partial charge on any atom is -0.478 e.